The van der Waals surface area contributed by atoms with Gasteiger partial charge in [-0.2, -0.15) is 0 Å². The van der Waals surface area contributed by atoms with Gasteiger partial charge in [0.1, 0.15) is 5.75 Å². The van der Waals surface area contributed by atoms with Crippen LogP contribution in [-0.4, -0.2) is 15.1 Å². The number of phenols is 1. The van der Waals surface area contributed by atoms with Crippen LogP contribution in [0.5, 0.6) is 5.75 Å². The van der Waals surface area contributed by atoms with Gasteiger partial charge in [0.05, 0.1) is 16.6 Å². The van der Waals surface area contributed by atoms with Crippen molar-refractivity contribution >= 4 is 5.69 Å². The first-order valence-corrected chi connectivity index (χ1v) is 4.22. The molecule has 0 saturated carbocycles. The van der Waals surface area contributed by atoms with Crippen LogP contribution in [0.3, 0.4) is 0 Å². The molecule has 0 bridgehead atoms. The Morgan fingerprint density at radius 1 is 1.57 bits per heavy atom. The van der Waals surface area contributed by atoms with E-state index in [2.05, 4.69) is 0 Å². The summed E-state index contributed by atoms with van der Waals surface area (Å²) in [6.07, 6.45) is -0.685. The lowest BCUT2D eigenvalue weighted by atomic mass is 10.0. The molecule has 0 aliphatic rings. The van der Waals surface area contributed by atoms with E-state index in [1.807, 2.05) is 0 Å². The number of benzene rings is 1. The highest BCUT2D eigenvalue weighted by atomic mass is 16.6. The molecule has 0 heterocycles. The number of hydrogen-bond donors (Lipinski definition) is 2. The fraction of sp³-hybridized carbons (Fsp3) is 0.333. The number of aliphatic hydroxyl groups is 1. The highest BCUT2D eigenvalue weighted by Gasteiger charge is 2.22. The molecule has 0 spiro atoms. The average Bonchev–Trinajstić information content (AvgIpc) is 2.16. The molecule has 2 N–H and O–H groups in total. The molecule has 1 atom stereocenters. The zero-order valence-corrected chi connectivity index (χ0v) is 7.67. The van der Waals surface area contributed by atoms with Crippen LogP contribution in [0, 0.1) is 10.1 Å². The summed E-state index contributed by atoms with van der Waals surface area (Å²) in [5, 5.41) is 29.4. The van der Waals surface area contributed by atoms with Crippen molar-refractivity contribution in [3.63, 3.8) is 0 Å². The zero-order valence-electron chi connectivity index (χ0n) is 7.67. The first kappa shape index (κ1) is 10.5. The van der Waals surface area contributed by atoms with Crippen molar-refractivity contribution in [2.45, 2.75) is 19.4 Å². The minimum atomic E-state index is -1.00. The molecular formula is C9H11NO4. The highest BCUT2D eigenvalue weighted by Crippen LogP contribution is 2.34. The molecule has 1 rings (SSSR count). The summed E-state index contributed by atoms with van der Waals surface area (Å²) < 4.78 is 0. The molecule has 1 aromatic carbocycles. The van der Waals surface area contributed by atoms with Crippen molar-refractivity contribution in [2.75, 3.05) is 0 Å². The number of phenolic OH excluding ortho intramolecular Hbond substituents is 1. The van der Waals surface area contributed by atoms with Gasteiger partial charge in [-0.05, 0) is 12.5 Å². The van der Waals surface area contributed by atoms with Crippen molar-refractivity contribution in [3.8, 4) is 5.75 Å². The van der Waals surface area contributed by atoms with Crippen LogP contribution in [0.4, 0.5) is 5.69 Å². The van der Waals surface area contributed by atoms with Crippen molar-refractivity contribution in [1.82, 2.24) is 0 Å². The zero-order chi connectivity index (χ0) is 10.7. The van der Waals surface area contributed by atoms with Crippen molar-refractivity contribution in [3.05, 3.63) is 33.9 Å². The molecule has 1 aromatic rings. The summed E-state index contributed by atoms with van der Waals surface area (Å²) in [7, 11) is 0. The summed E-state index contributed by atoms with van der Waals surface area (Å²) in [5.74, 6) is -0.242. The predicted molar refractivity (Wildman–Crippen MR) is 50.0 cm³/mol. The van der Waals surface area contributed by atoms with Gasteiger partial charge in [0.15, 0.2) is 0 Å². The maximum atomic E-state index is 10.6. The molecule has 0 aliphatic carbocycles. The molecule has 14 heavy (non-hydrogen) atoms. The number of nitro groups is 1. The Kier molecular flexibility index (Phi) is 3.03. The van der Waals surface area contributed by atoms with Crippen LogP contribution < -0.4 is 0 Å². The molecule has 0 saturated heterocycles. The van der Waals surface area contributed by atoms with E-state index in [9.17, 15) is 20.3 Å². The maximum absolute atomic E-state index is 10.6. The van der Waals surface area contributed by atoms with Gasteiger partial charge in [-0.15, -0.1) is 0 Å². The normalized spacial score (nSPS) is 12.4. The molecule has 0 radical (unpaired) electrons. The second kappa shape index (κ2) is 4.06. The smallest absolute Gasteiger partial charge is 0.278 e. The topological polar surface area (TPSA) is 83.6 Å². The molecule has 76 valence electrons. The van der Waals surface area contributed by atoms with E-state index in [0.29, 0.717) is 6.42 Å². The van der Waals surface area contributed by atoms with Crippen LogP contribution in [0.1, 0.15) is 25.0 Å². The van der Waals surface area contributed by atoms with Crippen LogP contribution in [0.2, 0.25) is 0 Å². The van der Waals surface area contributed by atoms with Crippen LogP contribution in [-0.2, 0) is 0 Å². The summed E-state index contributed by atoms with van der Waals surface area (Å²) in [5.41, 5.74) is -0.264. The number of rotatable bonds is 3. The van der Waals surface area contributed by atoms with Gasteiger partial charge in [0.2, 0.25) is 0 Å². The SMILES string of the molecule is CCC(O)c1c(O)cccc1[N+](=O)[O-]. The van der Waals surface area contributed by atoms with Crippen LogP contribution >= 0.6 is 0 Å². The number of aromatic hydroxyl groups is 1. The third-order valence-electron chi connectivity index (χ3n) is 1.98. The molecule has 0 amide bonds. The van der Waals surface area contributed by atoms with Crippen molar-refractivity contribution in [1.29, 1.82) is 0 Å². The van der Waals surface area contributed by atoms with E-state index >= 15 is 0 Å². The summed E-state index contributed by atoms with van der Waals surface area (Å²) in [4.78, 5) is 9.96. The first-order chi connectivity index (χ1) is 6.57. The van der Waals surface area contributed by atoms with E-state index in [1.54, 1.807) is 6.92 Å². The Bertz CT molecular complexity index is 351. The van der Waals surface area contributed by atoms with E-state index in [4.69, 9.17) is 0 Å². The fourth-order valence-electron chi connectivity index (χ4n) is 1.25. The fourth-order valence-corrected chi connectivity index (χ4v) is 1.25. The minimum Gasteiger partial charge on any atom is -0.507 e. The van der Waals surface area contributed by atoms with Crippen LogP contribution in [0.15, 0.2) is 18.2 Å². The highest BCUT2D eigenvalue weighted by molar-refractivity contribution is 5.50. The van der Waals surface area contributed by atoms with Crippen molar-refractivity contribution in [2.24, 2.45) is 0 Å². The molecule has 0 aliphatic heterocycles. The molecular weight excluding hydrogens is 186 g/mol. The standard InChI is InChI=1S/C9H11NO4/c1-2-7(11)9-6(10(13)14)4-3-5-8(9)12/h3-5,7,11-12H,2H2,1H3. The predicted octanol–water partition coefficient (Wildman–Crippen LogP) is 1.74. The Morgan fingerprint density at radius 3 is 2.71 bits per heavy atom. The lowest BCUT2D eigenvalue weighted by Crippen LogP contribution is -2.01. The van der Waals surface area contributed by atoms with E-state index in [1.165, 1.54) is 18.2 Å². The van der Waals surface area contributed by atoms with Gasteiger partial charge >= 0.3 is 0 Å². The Balaban J connectivity index is 3.29. The van der Waals surface area contributed by atoms with Crippen LogP contribution in [0.25, 0.3) is 0 Å². The van der Waals surface area contributed by atoms with Gasteiger partial charge < -0.3 is 10.2 Å². The van der Waals surface area contributed by atoms with Gasteiger partial charge in [-0.25, -0.2) is 0 Å². The molecule has 1 unspecified atom stereocenters. The summed E-state index contributed by atoms with van der Waals surface area (Å²) in [6, 6.07) is 3.95. The Labute approximate surface area is 80.8 Å². The average molecular weight is 197 g/mol. The monoisotopic (exact) mass is 197 g/mol. The van der Waals surface area contributed by atoms with Gasteiger partial charge in [0, 0.05) is 6.07 Å². The number of aliphatic hydroxyl groups excluding tert-OH is 1. The third kappa shape index (κ3) is 1.82. The van der Waals surface area contributed by atoms with E-state index in [0.717, 1.165) is 0 Å². The first-order valence-electron chi connectivity index (χ1n) is 4.22. The van der Waals surface area contributed by atoms with Gasteiger partial charge in [-0.1, -0.05) is 13.0 Å². The molecule has 0 aromatic heterocycles. The Hall–Kier alpha value is -1.62. The van der Waals surface area contributed by atoms with Gasteiger partial charge in [0.25, 0.3) is 5.69 Å². The van der Waals surface area contributed by atoms with E-state index in [-0.39, 0.29) is 17.0 Å². The summed E-state index contributed by atoms with van der Waals surface area (Å²) >= 11 is 0. The lowest BCUT2D eigenvalue weighted by molar-refractivity contribution is -0.386. The Morgan fingerprint density at radius 2 is 2.21 bits per heavy atom. The molecule has 5 nitrogen and oxygen atoms in total. The largest absolute Gasteiger partial charge is 0.507 e. The lowest BCUT2D eigenvalue weighted by Gasteiger charge is -2.09. The quantitative estimate of drug-likeness (QED) is 0.571. The van der Waals surface area contributed by atoms with E-state index < -0.39 is 11.0 Å². The van der Waals surface area contributed by atoms with Gasteiger partial charge in [-0.3, -0.25) is 10.1 Å². The number of nitro benzene ring substituents is 1. The third-order valence-corrected chi connectivity index (χ3v) is 1.98. The second-order valence-corrected chi connectivity index (χ2v) is 2.89. The second-order valence-electron chi connectivity index (χ2n) is 2.89. The molecule has 0 fully saturated rings. The number of nitrogens with zero attached hydrogens (tertiary/aromatic N) is 1. The summed E-state index contributed by atoms with van der Waals surface area (Å²) in [6.45, 7) is 1.68. The molecule has 5 heteroatoms. The number of hydrogen-bond acceptors (Lipinski definition) is 4. The maximum Gasteiger partial charge on any atom is 0.278 e. The minimum absolute atomic E-state index is 0.0139. The van der Waals surface area contributed by atoms with Crippen molar-refractivity contribution < 1.29 is 15.1 Å².